The molecule has 0 radical (unpaired) electrons. The van der Waals surface area contributed by atoms with Crippen LogP contribution < -0.4 is 0 Å². The van der Waals surface area contributed by atoms with E-state index >= 15 is 0 Å². The number of aryl methyl sites for hydroxylation is 1. The van der Waals surface area contributed by atoms with Crippen LogP contribution in [0.15, 0.2) is 5.51 Å². The summed E-state index contributed by atoms with van der Waals surface area (Å²) >= 11 is 1.47. The lowest BCUT2D eigenvalue weighted by molar-refractivity contribution is 0.0668. The van der Waals surface area contributed by atoms with Gasteiger partial charge in [0.25, 0.3) is 5.91 Å². The van der Waals surface area contributed by atoms with Crippen LogP contribution in [-0.4, -0.2) is 52.9 Å². The maximum absolute atomic E-state index is 12.7. The van der Waals surface area contributed by atoms with Gasteiger partial charge in [0, 0.05) is 18.6 Å². The fourth-order valence-corrected chi connectivity index (χ4v) is 4.26. The number of carbonyl (C=O) groups is 1. The zero-order valence-corrected chi connectivity index (χ0v) is 12.4. The van der Waals surface area contributed by atoms with E-state index in [0.29, 0.717) is 12.1 Å². The fourth-order valence-electron chi connectivity index (χ4n) is 3.50. The van der Waals surface area contributed by atoms with Gasteiger partial charge in [-0.1, -0.05) is 0 Å². The Labute approximate surface area is 118 Å². The van der Waals surface area contributed by atoms with Gasteiger partial charge in [0.1, 0.15) is 4.88 Å². The van der Waals surface area contributed by atoms with Crippen LogP contribution >= 0.6 is 11.3 Å². The summed E-state index contributed by atoms with van der Waals surface area (Å²) in [6.07, 6.45) is 4.78. The summed E-state index contributed by atoms with van der Waals surface area (Å²) in [6.45, 7) is 4.00. The average molecular weight is 279 g/mol. The number of aromatic nitrogens is 1. The maximum atomic E-state index is 12.7. The van der Waals surface area contributed by atoms with Crippen molar-refractivity contribution in [2.45, 2.75) is 44.7 Å². The molecule has 104 valence electrons. The van der Waals surface area contributed by atoms with E-state index in [1.807, 2.05) is 6.92 Å². The Balaban J connectivity index is 1.80. The lowest BCUT2D eigenvalue weighted by Crippen LogP contribution is -2.47. The van der Waals surface area contributed by atoms with Gasteiger partial charge in [-0.3, -0.25) is 4.79 Å². The van der Waals surface area contributed by atoms with Crippen molar-refractivity contribution in [2.75, 3.05) is 20.1 Å². The molecule has 0 N–H and O–H groups in total. The minimum Gasteiger partial charge on any atom is -0.333 e. The zero-order chi connectivity index (χ0) is 13.4. The monoisotopic (exact) mass is 279 g/mol. The molecule has 3 rings (SSSR count). The smallest absolute Gasteiger partial charge is 0.266 e. The Kier molecular flexibility index (Phi) is 3.58. The fraction of sp³-hybridized carbons (Fsp3) is 0.714. The van der Waals surface area contributed by atoms with Crippen molar-refractivity contribution in [3.63, 3.8) is 0 Å². The summed E-state index contributed by atoms with van der Waals surface area (Å²) in [5, 5.41) is 0. The third-order valence-corrected chi connectivity index (χ3v) is 5.44. The second kappa shape index (κ2) is 5.21. The predicted octanol–water partition coefficient (Wildman–Crippen LogP) is 2.15. The summed E-state index contributed by atoms with van der Waals surface area (Å²) in [5.41, 5.74) is 2.65. The molecule has 2 saturated heterocycles. The Bertz CT molecular complexity index is 473. The topological polar surface area (TPSA) is 36.4 Å². The second-order valence-corrected chi connectivity index (χ2v) is 6.52. The van der Waals surface area contributed by atoms with E-state index in [0.717, 1.165) is 30.0 Å². The van der Waals surface area contributed by atoms with Gasteiger partial charge in [-0.15, -0.1) is 11.3 Å². The lowest BCUT2D eigenvalue weighted by atomic mass is 10.0. The molecular formula is C14H21N3OS. The molecule has 0 unspecified atom stereocenters. The zero-order valence-electron chi connectivity index (χ0n) is 11.6. The molecule has 1 aromatic heterocycles. The molecule has 5 heteroatoms. The first kappa shape index (κ1) is 13.1. The third-order valence-electron chi connectivity index (χ3n) is 4.52. The Hall–Kier alpha value is -0.940. The molecule has 4 nitrogen and oxygen atoms in total. The molecule has 0 aliphatic carbocycles. The molecule has 0 bridgehead atoms. The minimum absolute atomic E-state index is 0.197. The molecule has 1 amide bonds. The first-order valence-corrected chi connectivity index (χ1v) is 7.97. The van der Waals surface area contributed by atoms with Crippen LogP contribution in [0, 0.1) is 6.92 Å². The molecule has 1 aromatic rings. The highest BCUT2D eigenvalue weighted by Gasteiger charge is 2.39. The Morgan fingerprint density at radius 1 is 1.32 bits per heavy atom. The normalized spacial score (nSPS) is 28.2. The molecular weight excluding hydrogens is 258 g/mol. The molecule has 3 heterocycles. The minimum atomic E-state index is 0.197. The van der Waals surface area contributed by atoms with Crippen molar-refractivity contribution in [3.05, 3.63) is 16.1 Å². The summed E-state index contributed by atoms with van der Waals surface area (Å²) in [7, 11) is 2.19. The SMILES string of the molecule is Cc1ncsc1C(=O)N1CCC[C@@H]1[C@H]1CCCN1C. The van der Waals surface area contributed by atoms with Crippen molar-refractivity contribution in [3.8, 4) is 0 Å². The molecule has 2 aliphatic rings. The van der Waals surface area contributed by atoms with Crippen LogP contribution in [0.4, 0.5) is 0 Å². The number of hydrogen-bond donors (Lipinski definition) is 0. The molecule has 2 atom stereocenters. The van der Waals surface area contributed by atoms with Gasteiger partial charge in [0.05, 0.1) is 11.2 Å². The molecule has 2 aliphatic heterocycles. The second-order valence-electron chi connectivity index (χ2n) is 5.67. The number of rotatable bonds is 2. The predicted molar refractivity (Wildman–Crippen MR) is 76.6 cm³/mol. The number of hydrogen-bond acceptors (Lipinski definition) is 4. The number of likely N-dealkylation sites (tertiary alicyclic amines) is 2. The van der Waals surface area contributed by atoms with Gasteiger partial charge >= 0.3 is 0 Å². The van der Waals surface area contributed by atoms with Crippen LogP contribution in [0.2, 0.25) is 0 Å². The van der Waals surface area contributed by atoms with E-state index in [9.17, 15) is 4.79 Å². The van der Waals surface area contributed by atoms with Crippen molar-refractivity contribution >= 4 is 17.2 Å². The van der Waals surface area contributed by atoms with Crippen molar-refractivity contribution in [1.29, 1.82) is 0 Å². The van der Waals surface area contributed by atoms with Gasteiger partial charge < -0.3 is 9.80 Å². The highest BCUT2D eigenvalue weighted by molar-refractivity contribution is 7.11. The van der Waals surface area contributed by atoms with E-state index in [-0.39, 0.29) is 5.91 Å². The highest BCUT2D eigenvalue weighted by atomic mass is 32.1. The van der Waals surface area contributed by atoms with Crippen LogP contribution in [0.3, 0.4) is 0 Å². The maximum Gasteiger partial charge on any atom is 0.266 e. The van der Waals surface area contributed by atoms with E-state index in [1.165, 1.54) is 30.7 Å². The molecule has 19 heavy (non-hydrogen) atoms. The average Bonchev–Trinajstić information content (AvgIpc) is 3.07. The standard InChI is InChI=1S/C14H21N3OS/c1-10-13(19-9-15-10)14(18)17-8-4-6-12(17)11-5-3-7-16(11)2/h9,11-12H,3-8H2,1-2H3/t11-,12-/m1/s1. The van der Waals surface area contributed by atoms with Crippen LogP contribution in [-0.2, 0) is 0 Å². The van der Waals surface area contributed by atoms with E-state index < -0.39 is 0 Å². The van der Waals surface area contributed by atoms with Crippen molar-refractivity contribution < 1.29 is 4.79 Å². The van der Waals surface area contributed by atoms with Crippen LogP contribution in [0.1, 0.15) is 41.0 Å². The lowest BCUT2D eigenvalue weighted by Gasteiger charge is -2.33. The number of carbonyl (C=O) groups excluding carboxylic acids is 1. The summed E-state index contributed by atoms with van der Waals surface area (Å²) < 4.78 is 0. The summed E-state index contributed by atoms with van der Waals surface area (Å²) in [4.78, 5) is 22.2. The molecule has 0 spiro atoms. The molecule has 0 aromatic carbocycles. The van der Waals surface area contributed by atoms with Gasteiger partial charge in [-0.25, -0.2) is 4.98 Å². The van der Waals surface area contributed by atoms with Gasteiger partial charge in [-0.2, -0.15) is 0 Å². The summed E-state index contributed by atoms with van der Waals surface area (Å²) in [6, 6.07) is 0.959. The molecule has 2 fully saturated rings. The van der Waals surface area contributed by atoms with Crippen LogP contribution in [0.5, 0.6) is 0 Å². The van der Waals surface area contributed by atoms with Gasteiger partial charge in [-0.05, 0) is 46.2 Å². The first-order chi connectivity index (χ1) is 9.18. The Morgan fingerprint density at radius 2 is 2.05 bits per heavy atom. The number of nitrogens with zero attached hydrogens (tertiary/aromatic N) is 3. The Morgan fingerprint density at radius 3 is 2.68 bits per heavy atom. The van der Waals surface area contributed by atoms with E-state index in [1.54, 1.807) is 5.51 Å². The molecule has 0 saturated carbocycles. The van der Waals surface area contributed by atoms with Crippen molar-refractivity contribution in [2.24, 2.45) is 0 Å². The number of amides is 1. The highest BCUT2D eigenvalue weighted by Crippen LogP contribution is 2.31. The first-order valence-electron chi connectivity index (χ1n) is 7.10. The number of thiazole rings is 1. The largest absolute Gasteiger partial charge is 0.333 e. The quantitative estimate of drug-likeness (QED) is 0.832. The number of likely N-dealkylation sites (N-methyl/N-ethyl adjacent to an activating group) is 1. The van der Waals surface area contributed by atoms with Crippen LogP contribution in [0.25, 0.3) is 0 Å². The van der Waals surface area contributed by atoms with E-state index in [2.05, 4.69) is 21.8 Å². The van der Waals surface area contributed by atoms with Crippen molar-refractivity contribution in [1.82, 2.24) is 14.8 Å². The van der Waals surface area contributed by atoms with Gasteiger partial charge in [0.2, 0.25) is 0 Å². The van der Waals surface area contributed by atoms with Gasteiger partial charge in [0.15, 0.2) is 0 Å². The summed E-state index contributed by atoms with van der Waals surface area (Å²) in [5.74, 6) is 0.197. The third kappa shape index (κ3) is 2.30. The van der Waals surface area contributed by atoms with E-state index in [4.69, 9.17) is 0 Å².